The molecule has 1 rings (SSSR count). The maximum Gasteiger partial charge on any atom is 0.0661 e. The Morgan fingerprint density at radius 2 is 2.21 bits per heavy atom. The molecule has 78 valence electrons. The van der Waals surface area contributed by atoms with Crippen LogP contribution in [0.25, 0.3) is 0 Å². The van der Waals surface area contributed by atoms with Gasteiger partial charge in [-0.05, 0) is 47.5 Å². The second kappa shape index (κ2) is 5.37. The third-order valence-corrected chi connectivity index (χ3v) is 2.60. The van der Waals surface area contributed by atoms with E-state index >= 15 is 0 Å². The summed E-state index contributed by atoms with van der Waals surface area (Å²) in [7, 11) is 1.71. The minimum absolute atomic E-state index is 0.319. The van der Waals surface area contributed by atoms with E-state index < -0.39 is 0 Å². The van der Waals surface area contributed by atoms with E-state index in [-0.39, 0.29) is 0 Å². The first-order valence-electron chi connectivity index (χ1n) is 4.65. The fraction of sp³-hybridized carbons (Fsp3) is 0.455. The van der Waals surface area contributed by atoms with E-state index in [4.69, 9.17) is 4.74 Å². The summed E-state index contributed by atoms with van der Waals surface area (Å²) in [5.74, 6) is 0. The van der Waals surface area contributed by atoms with Gasteiger partial charge in [0.05, 0.1) is 6.61 Å². The molecule has 1 aromatic carbocycles. The van der Waals surface area contributed by atoms with Crippen LogP contribution in [0, 0.1) is 6.92 Å². The SMILES string of the molecule is COCC(C)Nc1ccc(C)cc1Br. The van der Waals surface area contributed by atoms with Gasteiger partial charge in [0.15, 0.2) is 0 Å². The number of nitrogens with one attached hydrogen (secondary N) is 1. The van der Waals surface area contributed by atoms with Crippen molar-refractivity contribution in [1.29, 1.82) is 0 Å². The van der Waals surface area contributed by atoms with Crippen LogP contribution in [-0.2, 0) is 4.74 Å². The van der Waals surface area contributed by atoms with Crippen LogP contribution >= 0.6 is 15.9 Å². The van der Waals surface area contributed by atoms with Gasteiger partial charge in [-0.3, -0.25) is 0 Å². The summed E-state index contributed by atoms with van der Waals surface area (Å²) in [6.45, 7) is 4.88. The molecule has 2 nitrogen and oxygen atoms in total. The number of benzene rings is 1. The molecule has 0 aromatic heterocycles. The predicted octanol–water partition coefficient (Wildman–Crippen LogP) is 3.20. The number of aryl methyl sites for hydroxylation is 1. The zero-order chi connectivity index (χ0) is 10.6. The normalized spacial score (nSPS) is 12.6. The molecular formula is C11H16BrNO. The Bertz CT molecular complexity index is 301. The smallest absolute Gasteiger partial charge is 0.0661 e. The van der Waals surface area contributed by atoms with E-state index in [9.17, 15) is 0 Å². The minimum Gasteiger partial charge on any atom is -0.383 e. The molecule has 1 aromatic rings. The van der Waals surface area contributed by atoms with Gasteiger partial charge in [0, 0.05) is 23.3 Å². The lowest BCUT2D eigenvalue weighted by atomic mass is 10.2. The quantitative estimate of drug-likeness (QED) is 0.895. The van der Waals surface area contributed by atoms with E-state index in [1.807, 2.05) is 0 Å². The van der Waals surface area contributed by atoms with Crippen molar-refractivity contribution in [1.82, 2.24) is 0 Å². The third-order valence-electron chi connectivity index (χ3n) is 1.94. The van der Waals surface area contributed by atoms with Crippen LogP contribution < -0.4 is 5.32 Å². The minimum atomic E-state index is 0.319. The van der Waals surface area contributed by atoms with Crippen LogP contribution in [0.3, 0.4) is 0 Å². The molecule has 0 saturated carbocycles. The highest BCUT2D eigenvalue weighted by Gasteiger charge is 2.04. The first-order valence-corrected chi connectivity index (χ1v) is 5.44. The number of hydrogen-bond donors (Lipinski definition) is 1. The Kier molecular flexibility index (Phi) is 4.42. The maximum absolute atomic E-state index is 5.06. The third kappa shape index (κ3) is 3.31. The summed E-state index contributed by atoms with van der Waals surface area (Å²) in [6, 6.07) is 6.58. The second-order valence-electron chi connectivity index (χ2n) is 3.48. The molecule has 1 atom stereocenters. The summed E-state index contributed by atoms with van der Waals surface area (Å²) in [6.07, 6.45) is 0. The van der Waals surface area contributed by atoms with Gasteiger partial charge in [0.25, 0.3) is 0 Å². The average Bonchev–Trinajstić information content (AvgIpc) is 2.10. The highest BCUT2D eigenvalue weighted by Crippen LogP contribution is 2.23. The molecule has 1 unspecified atom stereocenters. The lowest BCUT2D eigenvalue weighted by Crippen LogP contribution is -2.20. The second-order valence-corrected chi connectivity index (χ2v) is 4.34. The molecule has 0 aliphatic carbocycles. The monoisotopic (exact) mass is 257 g/mol. The van der Waals surface area contributed by atoms with E-state index in [0.29, 0.717) is 12.6 Å². The van der Waals surface area contributed by atoms with Gasteiger partial charge in [-0.25, -0.2) is 0 Å². The van der Waals surface area contributed by atoms with Gasteiger partial charge in [0.2, 0.25) is 0 Å². The van der Waals surface area contributed by atoms with Crippen molar-refractivity contribution in [3.63, 3.8) is 0 Å². The molecule has 0 bridgehead atoms. The standard InChI is InChI=1S/C11H16BrNO/c1-8-4-5-11(10(12)6-8)13-9(2)7-14-3/h4-6,9,13H,7H2,1-3H3. The van der Waals surface area contributed by atoms with E-state index in [1.54, 1.807) is 7.11 Å². The van der Waals surface area contributed by atoms with Crippen LogP contribution in [0.4, 0.5) is 5.69 Å². The van der Waals surface area contributed by atoms with E-state index in [0.717, 1.165) is 10.2 Å². The van der Waals surface area contributed by atoms with Crippen molar-refractivity contribution in [2.75, 3.05) is 19.0 Å². The Labute approximate surface area is 93.8 Å². The lowest BCUT2D eigenvalue weighted by molar-refractivity contribution is 0.190. The van der Waals surface area contributed by atoms with Crippen LogP contribution in [0.15, 0.2) is 22.7 Å². The first kappa shape index (κ1) is 11.5. The molecule has 0 aliphatic rings. The topological polar surface area (TPSA) is 21.3 Å². The summed E-state index contributed by atoms with van der Waals surface area (Å²) in [5.41, 5.74) is 2.36. The van der Waals surface area contributed by atoms with E-state index in [1.165, 1.54) is 5.56 Å². The van der Waals surface area contributed by atoms with Crippen molar-refractivity contribution < 1.29 is 4.74 Å². The molecule has 14 heavy (non-hydrogen) atoms. The van der Waals surface area contributed by atoms with Gasteiger partial charge >= 0.3 is 0 Å². The zero-order valence-electron chi connectivity index (χ0n) is 8.80. The van der Waals surface area contributed by atoms with Crippen molar-refractivity contribution >= 4 is 21.6 Å². The molecule has 0 saturated heterocycles. The largest absolute Gasteiger partial charge is 0.383 e. The van der Waals surface area contributed by atoms with Crippen molar-refractivity contribution in [2.24, 2.45) is 0 Å². The van der Waals surface area contributed by atoms with Crippen LogP contribution in [0.5, 0.6) is 0 Å². The highest BCUT2D eigenvalue weighted by atomic mass is 79.9. The van der Waals surface area contributed by atoms with Gasteiger partial charge < -0.3 is 10.1 Å². The summed E-state index contributed by atoms with van der Waals surface area (Å²) in [4.78, 5) is 0. The Morgan fingerprint density at radius 3 is 2.79 bits per heavy atom. The average molecular weight is 258 g/mol. The highest BCUT2D eigenvalue weighted by molar-refractivity contribution is 9.10. The summed E-state index contributed by atoms with van der Waals surface area (Å²) >= 11 is 3.52. The lowest BCUT2D eigenvalue weighted by Gasteiger charge is -2.15. The fourth-order valence-corrected chi connectivity index (χ4v) is 1.90. The van der Waals surface area contributed by atoms with Crippen LogP contribution in [0.1, 0.15) is 12.5 Å². The van der Waals surface area contributed by atoms with Gasteiger partial charge in [-0.2, -0.15) is 0 Å². The number of hydrogen-bond acceptors (Lipinski definition) is 2. The van der Waals surface area contributed by atoms with E-state index in [2.05, 4.69) is 53.3 Å². The molecule has 0 radical (unpaired) electrons. The molecule has 3 heteroatoms. The fourth-order valence-electron chi connectivity index (χ4n) is 1.29. The van der Waals surface area contributed by atoms with Crippen molar-refractivity contribution in [2.45, 2.75) is 19.9 Å². The first-order chi connectivity index (χ1) is 6.63. The van der Waals surface area contributed by atoms with Gasteiger partial charge in [0.1, 0.15) is 0 Å². The van der Waals surface area contributed by atoms with Crippen molar-refractivity contribution in [3.05, 3.63) is 28.2 Å². The Balaban J connectivity index is 2.67. The number of ether oxygens (including phenoxy) is 1. The molecule has 0 spiro atoms. The molecule has 0 fully saturated rings. The van der Waals surface area contributed by atoms with Crippen LogP contribution in [0.2, 0.25) is 0 Å². The molecule has 1 N–H and O–H groups in total. The molecule has 0 aliphatic heterocycles. The van der Waals surface area contributed by atoms with Gasteiger partial charge in [-0.15, -0.1) is 0 Å². The van der Waals surface area contributed by atoms with Crippen molar-refractivity contribution in [3.8, 4) is 0 Å². The molecule has 0 amide bonds. The maximum atomic E-state index is 5.06. The summed E-state index contributed by atoms with van der Waals surface area (Å²) in [5, 5.41) is 3.37. The Hall–Kier alpha value is -0.540. The number of halogens is 1. The molecular weight excluding hydrogens is 242 g/mol. The predicted molar refractivity (Wildman–Crippen MR) is 63.8 cm³/mol. The number of rotatable bonds is 4. The summed E-state index contributed by atoms with van der Waals surface area (Å²) < 4.78 is 6.16. The number of anilines is 1. The Morgan fingerprint density at radius 1 is 1.50 bits per heavy atom. The molecule has 0 heterocycles. The van der Waals surface area contributed by atoms with Gasteiger partial charge in [-0.1, -0.05) is 6.07 Å². The zero-order valence-corrected chi connectivity index (χ0v) is 10.4. The number of methoxy groups -OCH3 is 1. The van der Waals surface area contributed by atoms with Crippen LogP contribution in [-0.4, -0.2) is 19.8 Å².